The third-order valence-corrected chi connectivity index (χ3v) is 2.96. The van der Waals surface area contributed by atoms with Crippen molar-refractivity contribution < 1.29 is 17.9 Å². The van der Waals surface area contributed by atoms with Crippen LogP contribution in [0.25, 0.3) is 0 Å². The molecule has 19 heavy (non-hydrogen) atoms. The van der Waals surface area contributed by atoms with Crippen LogP contribution in [0.4, 0.5) is 13.2 Å². The number of halogens is 3. The minimum Gasteiger partial charge on any atom is -0.430 e. The molecule has 0 radical (unpaired) electrons. The van der Waals surface area contributed by atoms with Crippen molar-refractivity contribution in [3.63, 3.8) is 0 Å². The van der Waals surface area contributed by atoms with Crippen LogP contribution >= 0.6 is 11.3 Å². The first kappa shape index (κ1) is 13.8. The molecule has 2 aromatic rings. The lowest BCUT2D eigenvalue weighted by atomic mass is 10.2. The number of nitrogens with one attached hydrogen (secondary N) is 1. The Kier molecular flexibility index (Phi) is 4.01. The Bertz CT molecular complexity index is 539. The Morgan fingerprint density at radius 2 is 1.89 bits per heavy atom. The lowest BCUT2D eigenvalue weighted by molar-refractivity contribution is -0.137. The van der Waals surface area contributed by atoms with Crippen LogP contribution in [0.15, 0.2) is 24.3 Å². The quantitative estimate of drug-likeness (QED) is 0.939. The molecule has 0 saturated carbocycles. The molecule has 0 fully saturated rings. The summed E-state index contributed by atoms with van der Waals surface area (Å²) in [6.07, 6.45) is -4.35. The fourth-order valence-electron chi connectivity index (χ4n) is 1.31. The first-order valence-corrected chi connectivity index (χ1v) is 6.13. The van der Waals surface area contributed by atoms with Gasteiger partial charge in [0.25, 0.3) is 5.19 Å². The van der Waals surface area contributed by atoms with Gasteiger partial charge in [-0.3, -0.25) is 0 Å². The van der Waals surface area contributed by atoms with E-state index in [4.69, 9.17) is 4.74 Å². The molecule has 0 amide bonds. The monoisotopic (exact) mass is 289 g/mol. The van der Waals surface area contributed by atoms with E-state index in [9.17, 15) is 13.2 Å². The fraction of sp³-hybridized carbons (Fsp3) is 0.273. The second-order valence-electron chi connectivity index (χ2n) is 3.62. The van der Waals surface area contributed by atoms with Gasteiger partial charge in [-0.05, 0) is 31.3 Å². The average Bonchev–Trinajstić information content (AvgIpc) is 2.77. The van der Waals surface area contributed by atoms with E-state index in [1.807, 2.05) is 0 Å². The number of benzene rings is 1. The standard InChI is InChI=1S/C11H10F3N3OS/c1-15-6-9-16-17-10(19-9)18-8-4-2-7(3-5-8)11(12,13)14/h2-5,15H,6H2,1H3. The Morgan fingerprint density at radius 3 is 2.47 bits per heavy atom. The lowest BCUT2D eigenvalue weighted by Crippen LogP contribution is -2.04. The van der Waals surface area contributed by atoms with Crippen molar-refractivity contribution in [2.75, 3.05) is 7.05 Å². The van der Waals surface area contributed by atoms with Gasteiger partial charge in [0, 0.05) is 6.54 Å². The van der Waals surface area contributed by atoms with Gasteiger partial charge >= 0.3 is 6.18 Å². The molecule has 102 valence electrons. The molecule has 0 aliphatic carbocycles. The molecule has 0 aliphatic rings. The highest BCUT2D eigenvalue weighted by molar-refractivity contribution is 7.13. The maximum Gasteiger partial charge on any atom is 0.416 e. The summed E-state index contributed by atoms with van der Waals surface area (Å²) in [6, 6.07) is 4.43. The van der Waals surface area contributed by atoms with Crippen molar-refractivity contribution >= 4 is 11.3 Å². The van der Waals surface area contributed by atoms with E-state index in [1.165, 1.54) is 23.5 Å². The number of alkyl halides is 3. The summed E-state index contributed by atoms with van der Waals surface area (Å²) in [5.41, 5.74) is -0.715. The topological polar surface area (TPSA) is 47.0 Å². The van der Waals surface area contributed by atoms with Crippen LogP contribution in [0.2, 0.25) is 0 Å². The molecule has 0 spiro atoms. The summed E-state index contributed by atoms with van der Waals surface area (Å²) in [6.45, 7) is 0.564. The molecule has 0 saturated heterocycles. The van der Waals surface area contributed by atoms with Crippen molar-refractivity contribution in [2.45, 2.75) is 12.7 Å². The number of aromatic nitrogens is 2. The molecule has 0 unspecified atom stereocenters. The molecule has 2 rings (SSSR count). The van der Waals surface area contributed by atoms with Crippen LogP contribution < -0.4 is 10.1 Å². The van der Waals surface area contributed by atoms with Crippen LogP contribution in [0, 0.1) is 0 Å². The normalized spacial score (nSPS) is 11.6. The van der Waals surface area contributed by atoms with Crippen molar-refractivity contribution in [2.24, 2.45) is 0 Å². The number of nitrogens with zero attached hydrogens (tertiary/aromatic N) is 2. The van der Waals surface area contributed by atoms with Gasteiger partial charge in [0.1, 0.15) is 10.8 Å². The molecular formula is C11H10F3N3OS. The number of ether oxygens (including phenoxy) is 1. The second-order valence-corrected chi connectivity index (χ2v) is 4.64. The van der Waals surface area contributed by atoms with E-state index in [0.29, 0.717) is 17.5 Å². The van der Waals surface area contributed by atoms with Crippen LogP contribution in [-0.2, 0) is 12.7 Å². The van der Waals surface area contributed by atoms with Gasteiger partial charge in [0.2, 0.25) is 0 Å². The minimum absolute atomic E-state index is 0.292. The zero-order valence-corrected chi connectivity index (χ0v) is 10.7. The Hall–Kier alpha value is -1.67. The van der Waals surface area contributed by atoms with Crippen LogP contribution in [-0.4, -0.2) is 17.2 Å². The minimum atomic E-state index is -4.35. The van der Waals surface area contributed by atoms with Gasteiger partial charge in [-0.1, -0.05) is 16.4 Å². The summed E-state index contributed by atoms with van der Waals surface area (Å²) in [5, 5.41) is 11.6. The predicted octanol–water partition coefficient (Wildman–Crippen LogP) is 3.07. The molecule has 4 nitrogen and oxygen atoms in total. The highest BCUT2D eigenvalue weighted by Crippen LogP contribution is 2.31. The third-order valence-electron chi connectivity index (χ3n) is 2.16. The highest BCUT2D eigenvalue weighted by Gasteiger charge is 2.30. The van der Waals surface area contributed by atoms with E-state index in [-0.39, 0.29) is 0 Å². The van der Waals surface area contributed by atoms with Crippen molar-refractivity contribution in [1.82, 2.24) is 15.5 Å². The maximum absolute atomic E-state index is 12.4. The summed E-state index contributed by atoms with van der Waals surface area (Å²) < 4.78 is 42.4. The van der Waals surface area contributed by atoms with E-state index in [1.54, 1.807) is 7.05 Å². The van der Waals surface area contributed by atoms with E-state index < -0.39 is 11.7 Å². The van der Waals surface area contributed by atoms with Gasteiger partial charge in [0.15, 0.2) is 0 Å². The second kappa shape index (κ2) is 5.54. The first-order chi connectivity index (χ1) is 8.99. The van der Waals surface area contributed by atoms with Crippen molar-refractivity contribution in [3.8, 4) is 10.9 Å². The average molecular weight is 289 g/mol. The molecule has 1 N–H and O–H groups in total. The summed E-state index contributed by atoms with van der Waals surface area (Å²) in [5.74, 6) is 0.292. The van der Waals surface area contributed by atoms with Gasteiger partial charge < -0.3 is 10.1 Å². The molecule has 1 aromatic carbocycles. The van der Waals surface area contributed by atoms with Gasteiger partial charge in [0.05, 0.1) is 5.56 Å². The van der Waals surface area contributed by atoms with E-state index in [2.05, 4.69) is 15.5 Å². The predicted molar refractivity (Wildman–Crippen MR) is 64.2 cm³/mol. The SMILES string of the molecule is CNCc1nnc(Oc2ccc(C(F)(F)F)cc2)s1. The maximum atomic E-state index is 12.4. The number of hydrogen-bond donors (Lipinski definition) is 1. The Morgan fingerprint density at radius 1 is 1.21 bits per heavy atom. The Balaban J connectivity index is 2.06. The molecule has 0 atom stereocenters. The number of hydrogen-bond acceptors (Lipinski definition) is 5. The number of rotatable bonds is 4. The van der Waals surface area contributed by atoms with E-state index in [0.717, 1.165) is 17.1 Å². The van der Waals surface area contributed by atoms with Crippen LogP contribution in [0.5, 0.6) is 10.9 Å². The lowest BCUT2D eigenvalue weighted by Gasteiger charge is -2.07. The third kappa shape index (κ3) is 3.65. The van der Waals surface area contributed by atoms with Gasteiger partial charge in [-0.15, -0.1) is 5.10 Å². The summed E-state index contributed by atoms with van der Waals surface area (Å²) >= 11 is 1.23. The van der Waals surface area contributed by atoms with Crippen molar-refractivity contribution in [3.05, 3.63) is 34.8 Å². The summed E-state index contributed by atoms with van der Waals surface area (Å²) in [4.78, 5) is 0. The summed E-state index contributed by atoms with van der Waals surface area (Å²) in [7, 11) is 1.78. The van der Waals surface area contributed by atoms with Crippen LogP contribution in [0.1, 0.15) is 10.6 Å². The highest BCUT2D eigenvalue weighted by atomic mass is 32.1. The zero-order valence-electron chi connectivity index (χ0n) is 9.86. The van der Waals surface area contributed by atoms with Gasteiger partial charge in [-0.2, -0.15) is 13.2 Å². The fourth-order valence-corrected chi connectivity index (χ4v) is 2.03. The molecule has 0 bridgehead atoms. The zero-order chi connectivity index (χ0) is 13.9. The smallest absolute Gasteiger partial charge is 0.416 e. The Labute approximate surface area is 111 Å². The first-order valence-electron chi connectivity index (χ1n) is 5.31. The largest absolute Gasteiger partial charge is 0.430 e. The molecule has 1 heterocycles. The molecule has 1 aromatic heterocycles. The van der Waals surface area contributed by atoms with E-state index >= 15 is 0 Å². The van der Waals surface area contributed by atoms with Crippen LogP contribution in [0.3, 0.4) is 0 Å². The molecule has 8 heteroatoms. The molecular weight excluding hydrogens is 279 g/mol. The van der Waals surface area contributed by atoms with Crippen molar-refractivity contribution in [1.29, 1.82) is 0 Å². The molecule has 0 aliphatic heterocycles. The van der Waals surface area contributed by atoms with Gasteiger partial charge in [-0.25, -0.2) is 0 Å².